The molecule has 1 heterocycles. The van der Waals surface area contributed by atoms with Crippen molar-refractivity contribution in [3.8, 4) is 0 Å². The molecule has 1 N–H and O–H groups in total. The average molecular weight is 441 g/mol. The first-order chi connectivity index (χ1) is 15.5. The molecule has 0 atom stereocenters. The predicted octanol–water partition coefficient (Wildman–Crippen LogP) is 5.03. The number of hydrogen-bond donors (Lipinski definition) is 1. The molecule has 0 bridgehead atoms. The second kappa shape index (κ2) is 11.1. The molecule has 0 saturated carbocycles. The van der Waals surface area contributed by atoms with E-state index in [1.807, 2.05) is 37.3 Å². The van der Waals surface area contributed by atoms with Gasteiger partial charge < -0.3 is 19.5 Å². The van der Waals surface area contributed by atoms with Gasteiger partial charge in [-0.15, -0.1) is 0 Å². The summed E-state index contributed by atoms with van der Waals surface area (Å²) in [4.78, 5) is 28.9. The van der Waals surface area contributed by atoms with E-state index in [-0.39, 0.29) is 24.7 Å². The highest BCUT2D eigenvalue weighted by Crippen LogP contribution is 2.15. The average Bonchev–Trinajstić information content (AvgIpc) is 3.29. The lowest BCUT2D eigenvalue weighted by Crippen LogP contribution is -2.44. The van der Waals surface area contributed by atoms with Crippen LogP contribution in [-0.4, -0.2) is 34.8 Å². The molecule has 0 aliphatic carbocycles. The molecule has 0 unspecified atom stereocenters. The summed E-state index contributed by atoms with van der Waals surface area (Å²) in [6, 6.07) is 15.6. The lowest BCUT2D eigenvalue weighted by atomic mass is 10.2. The molecule has 6 nitrogen and oxygen atoms in total. The number of benzene rings is 2. The Bertz CT molecular complexity index is 1030. The summed E-state index contributed by atoms with van der Waals surface area (Å²) >= 11 is 0. The summed E-state index contributed by atoms with van der Waals surface area (Å²) in [6.07, 6.45) is 2.16. The van der Waals surface area contributed by atoms with E-state index in [4.69, 9.17) is 4.42 Å². The molecule has 3 amide bonds. The van der Waals surface area contributed by atoms with Gasteiger partial charge in [-0.05, 0) is 36.2 Å². The van der Waals surface area contributed by atoms with Crippen LogP contribution in [0.3, 0.4) is 0 Å². The van der Waals surface area contributed by atoms with Crippen molar-refractivity contribution in [3.05, 3.63) is 89.9 Å². The minimum atomic E-state index is -1.06. The minimum Gasteiger partial charge on any atom is -0.467 e. The molecule has 32 heavy (non-hydrogen) atoms. The molecule has 0 radical (unpaired) electrons. The summed E-state index contributed by atoms with van der Waals surface area (Å²) in [5.41, 5.74) is 1.06. The molecule has 8 heteroatoms. The maximum Gasteiger partial charge on any atom is 0.322 e. The number of nitrogens with zero attached hydrogens (tertiary/aromatic N) is 2. The minimum absolute atomic E-state index is 0.110. The van der Waals surface area contributed by atoms with Crippen LogP contribution in [-0.2, 0) is 17.9 Å². The van der Waals surface area contributed by atoms with Crippen molar-refractivity contribution in [2.45, 2.75) is 26.4 Å². The molecule has 3 aromatic rings. The third-order valence-corrected chi connectivity index (χ3v) is 4.77. The van der Waals surface area contributed by atoms with Gasteiger partial charge >= 0.3 is 6.03 Å². The Labute approximate surface area is 185 Å². The van der Waals surface area contributed by atoms with E-state index in [2.05, 4.69) is 5.32 Å². The highest BCUT2D eigenvalue weighted by molar-refractivity contribution is 5.92. The van der Waals surface area contributed by atoms with Crippen molar-refractivity contribution in [1.82, 2.24) is 9.80 Å². The summed E-state index contributed by atoms with van der Waals surface area (Å²) < 4.78 is 32.0. The van der Waals surface area contributed by atoms with E-state index in [1.54, 1.807) is 23.3 Å². The normalized spacial score (nSPS) is 10.6. The zero-order valence-corrected chi connectivity index (χ0v) is 17.8. The summed E-state index contributed by atoms with van der Waals surface area (Å²) in [6.45, 7) is 2.64. The third kappa shape index (κ3) is 6.41. The monoisotopic (exact) mass is 441 g/mol. The molecule has 0 aliphatic rings. The van der Waals surface area contributed by atoms with Gasteiger partial charge in [-0.25, -0.2) is 13.6 Å². The Morgan fingerprint density at radius 1 is 0.938 bits per heavy atom. The summed E-state index contributed by atoms with van der Waals surface area (Å²) in [7, 11) is 0. The van der Waals surface area contributed by atoms with Gasteiger partial charge in [-0.3, -0.25) is 4.79 Å². The number of anilines is 1. The number of nitrogens with one attached hydrogen (secondary N) is 1. The van der Waals surface area contributed by atoms with Crippen molar-refractivity contribution >= 4 is 17.6 Å². The van der Waals surface area contributed by atoms with E-state index in [1.165, 1.54) is 11.0 Å². The quantitative estimate of drug-likeness (QED) is 0.507. The fourth-order valence-corrected chi connectivity index (χ4v) is 3.19. The number of amides is 3. The van der Waals surface area contributed by atoms with Crippen molar-refractivity contribution < 1.29 is 22.8 Å². The first-order valence-corrected chi connectivity index (χ1v) is 10.3. The maximum absolute atomic E-state index is 13.5. The molecular formula is C24H25F2N3O3. The van der Waals surface area contributed by atoms with Crippen LogP contribution < -0.4 is 5.32 Å². The van der Waals surface area contributed by atoms with Crippen LogP contribution in [0.25, 0.3) is 0 Å². The Hall–Kier alpha value is -3.68. The van der Waals surface area contributed by atoms with E-state index < -0.39 is 17.7 Å². The molecule has 0 fully saturated rings. The number of rotatable bonds is 9. The lowest BCUT2D eigenvalue weighted by molar-refractivity contribution is -0.133. The van der Waals surface area contributed by atoms with Crippen LogP contribution in [0, 0.1) is 11.6 Å². The highest BCUT2D eigenvalue weighted by atomic mass is 19.2. The molecule has 168 valence electrons. The van der Waals surface area contributed by atoms with Crippen LogP contribution in [0.4, 0.5) is 19.3 Å². The fraction of sp³-hybridized carbons (Fsp3) is 0.250. The van der Waals surface area contributed by atoms with E-state index in [0.29, 0.717) is 25.3 Å². The smallest absolute Gasteiger partial charge is 0.322 e. The first-order valence-electron chi connectivity index (χ1n) is 10.3. The van der Waals surface area contributed by atoms with Crippen LogP contribution >= 0.6 is 0 Å². The van der Waals surface area contributed by atoms with Gasteiger partial charge in [0.05, 0.1) is 12.8 Å². The zero-order valence-electron chi connectivity index (χ0n) is 17.8. The van der Waals surface area contributed by atoms with E-state index in [9.17, 15) is 18.4 Å². The second-order valence-electron chi connectivity index (χ2n) is 7.30. The third-order valence-electron chi connectivity index (χ3n) is 4.77. The fourth-order valence-electron chi connectivity index (χ4n) is 3.19. The second-order valence-corrected chi connectivity index (χ2v) is 7.30. The molecule has 1 aromatic heterocycles. The van der Waals surface area contributed by atoms with Gasteiger partial charge in [0.15, 0.2) is 11.6 Å². The predicted molar refractivity (Wildman–Crippen MR) is 117 cm³/mol. The van der Waals surface area contributed by atoms with Crippen molar-refractivity contribution in [3.63, 3.8) is 0 Å². The molecule has 3 rings (SSSR count). The Kier molecular flexibility index (Phi) is 7.96. The van der Waals surface area contributed by atoms with Crippen LogP contribution in [0.1, 0.15) is 24.7 Å². The van der Waals surface area contributed by atoms with Crippen LogP contribution in [0.2, 0.25) is 0 Å². The summed E-state index contributed by atoms with van der Waals surface area (Å²) in [5, 5.41) is 2.53. The van der Waals surface area contributed by atoms with Gasteiger partial charge in [0.25, 0.3) is 0 Å². The van der Waals surface area contributed by atoms with Crippen molar-refractivity contribution in [2.75, 3.05) is 18.4 Å². The first kappa shape index (κ1) is 23.0. The lowest BCUT2D eigenvalue weighted by Gasteiger charge is -2.27. The topological polar surface area (TPSA) is 65.8 Å². The standard InChI is InChI=1S/C24H25F2N3O3/c1-2-12-28(24(31)27-19-10-11-21(25)22(26)14-19)17-23(30)29(16-20-9-6-13-32-20)15-18-7-4-3-5-8-18/h3-11,13-14H,2,12,15-17H2,1H3,(H,27,31). The Morgan fingerprint density at radius 2 is 1.72 bits per heavy atom. The van der Waals surface area contributed by atoms with Gasteiger partial charge in [0.2, 0.25) is 5.91 Å². The van der Waals surface area contributed by atoms with Gasteiger partial charge in [0.1, 0.15) is 12.3 Å². The van der Waals surface area contributed by atoms with Gasteiger partial charge in [0, 0.05) is 24.8 Å². The number of hydrogen-bond acceptors (Lipinski definition) is 3. The molecule has 0 spiro atoms. The number of furan rings is 1. The number of urea groups is 1. The van der Waals surface area contributed by atoms with Crippen LogP contribution in [0.5, 0.6) is 0 Å². The van der Waals surface area contributed by atoms with E-state index >= 15 is 0 Å². The Balaban J connectivity index is 1.72. The molecule has 0 saturated heterocycles. The largest absolute Gasteiger partial charge is 0.467 e. The number of halogens is 2. The zero-order chi connectivity index (χ0) is 22.9. The Morgan fingerprint density at radius 3 is 2.38 bits per heavy atom. The number of carbonyl (C=O) groups excluding carboxylic acids is 2. The molecular weight excluding hydrogens is 416 g/mol. The van der Waals surface area contributed by atoms with E-state index in [0.717, 1.165) is 17.7 Å². The van der Waals surface area contributed by atoms with Crippen LogP contribution in [0.15, 0.2) is 71.3 Å². The summed E-state index contributed by atoms with van der Waals surface area (Å²) in [5.74, 6) is -1.70. The molecule has 2 aromatic carbocycles. The van der Waals surface area contributed by atoms with Gasteiger partial charge in [-0.1, -0.05) is 37.3 Å². The van der Waals surface area contributed by atoms with Crippen molar-refractivity contribution in [2.24, 2.45) is 0 Å². The highest BCUT2D eigenvalue weighted by Gasteiger charge is 2.22. The molecule has 0 aliphatic heterocycles. The number of carbonyl (C=O) groups is 2. The van der Waals surface area contributed by atoms with Gasteiger partial charge in [-0.2, -0.15) is 0 Å². The van der Waals surface area contributed by atoms with Crippen molar-refractivity contribution in [1.29, 1.82) is 0 Å². The maximum atomic E-state index is 13.5. The SMILES string of the molecule is CCCN(CC(=O)N(Cc1ccccc1)Cc1ccco1)C(=O)Nc1ccc(F)c(F)c1.